The van der Waals surface area contributed by atoms with Crippen molar-refractivity contribution >= 4 is 16.5 Å². The normalized spacial score (nSPS) is 27.8. The SMILES string of the molecule is NOC1(c2csc(N)n2)CCCCO1. The third-order valence-electron chi connectivity index (χ3n) is 2.34. The van der Waals surface area contributed by atoms with E-state index in [-0.39, 0.29) is 0 Å². The van der Waals surface area contributed by atoms with Crippen molar-refractivity contribution in [3.8, 4) is 0 Å². The van der Waals surface area contributed by atoms with Gasteiger partial charge in [-0.25, -0.2) is 10.9 Å². The van der Waals surface area contributed by atoms with Crippen LogP contribution in [0.5, 0.6) is 0 Å². The van der Waals surface area contributed by atoms with Gasteiger partial charge in [0.25, 0.3) is 0 Å². The first kappa shape index (κ1) is 9.85. The minimum absolute atomic E-state index is 0.505. The Morgan fingerprint density at radius 3 is 2.93 bits per heavy atom. The fourth-order valence-electron chi connectivity index (χ4n) is 1.59. The number of hydrogen-bond donors (Lipinski definition) is 2. The molecular weight excluding hydrogens is 202 g/mol. The molecule has 0 spiro atoms. The number of thiazole rings is 1. The van der Waals surface area contributed by atoms with Crippen LogP contribution in [0.1, 0.15) is 25.0 Å². The summed E-state index contributed by atoms with van der Waals surface area (Å²) in [6.45, 7) is 0.647. The molecule has 1 aliphatic heterocycles. The lowest BCUT2D eigenvalue weighted by atomic mass is 10.0. The molecule has 1 aromatic heterocycles. The molecule has 0 saturated carbocycles. The van der Waals surface area contributed by atoms with E-state index in [9.17, 15) is 0 Å². The molecule has 0 radical (unpaired) electrons. The first-order valence-electron chi connectivity index (χ1n) is 4.50. The van der Waals surface area contributed by atoms with Gasteiger partial charge in [-0.3, -0.25) is 4.84 Å². The second-order valence-corrected chi connectivity index (χ2v) is 4.14. The molecule has 1 aromatic rings. The third-order valence-corrected chi connectivity index (χ3v) is 3.01. The van der Waals surface area contributed by atoms with Crippen molar-refractivity contribution in [3.05, 3.63) is 11.1 Å². The van der Waals surface area contributed by atoms with Gasteiger partial charge in [0.2, 0.25) is 5.79 Å². The van der Waals surface area contributed by atoms with Crippen LogP contribution in [-0.4, -0.2) is 11.6 Å². The van der Waals surface area contributed by atoms with Crippen LogP contribution in [0.15, 0.2) is 5.38 Å². The highest BCUT2D eigenvalue weighted by Crippen LogP contribution is 2.35. The molecule has 14 heavy (non-hydrogen) atoms. The van der Waals surface area contributed by atoms with Gasteiger partial charge in [-0.1, -0.05) is 0 Å². The zero-order valence-corrected chi connectivity index (χ0v) is 8.55. The number of nitrogens with zero attached hydrogens (tertiary/aromatic N) is 1. The Morgan fingerprint density at radius 1 is 1.57 bits per heavy atom. The van der Waals surface area contributed by atoms with Crippen LogP contribution < -0.4 is 11.6 Å². The van der Waals surface area contributed by atoms with E-state index in [2.05, 4.69) is 4.98 Å². The summed E-state index contributed by atoms with van der Waals surface area (Å²) in [6.07, 6.45) is 2.78. The lowest BCUT2D eigenvalue weighted by Gasteiger charge is -2.33. The molecule has 1 unspecified atom stereocenters. The van der Waals surface area contributed by atoms with Crippen molar-refractivity contribution < 1.29 is 9.57 Å². The van der Waals surface area contributed by atoms with E-state index >= 15 is 0 Å². The maximum absolute atomic E-state index is 5.56. The Hall–Kier alpha value is -0.690. The van der Waals surface area contributed by atoms with Crippen LogP contribution in [0.2, 0.25) is 0 Å². The van der Waals surface area contributed by atoms with Crippen LogP contribution in [0.4, 0.5) is 5.13 Å². The van der Waals surface area contributed by atoms with E-state index in [1.54, 1.807) is 0 Å². The van der Waals surface area contributed by atoms with E-state index in [0.717, 1.165) is 19.3 Å². The zero-order valence-electron chi connectivity index (χ0n) is 7.73. The molecule has 0 aliphatic carbocycles. The maximum Gasteiger partial charge on any atom is 0.231 e. The molecule has 1 aliphatic rings. The van der Waals surface area contributed by atoms with Crippen molar-refractivity contribution in [2.45, 2.75) is 25.0 Å². The number of hydrogen-bond acceptors (Lipinski definition) is 6. The van der Waals surface area contributed by atoms with Crippen LogP contribution in [0, 0.1) is 0 Å². The van der Waals surface area contributed by atoms with E-state index in [0.29, 0.717) is 17.4 Å². The van der Waals surface area contributed by atoms with Crippen molar-refractivity contribution in [2.24, 2.45) is 5.90 Å². The quantitative estimate of drug-likeness (QED) is 0.718. The van der Waals surface area contributed by atoms with Crippen molar-refractivity contribution in [1.29, 1.82) is 0 Å². The summed E-state index contributed by atoms with van der Waals surface area (Å²) in [5.41, 5.74) is 6.24. The topological polar surface area (TPSA) is 83.4 Å². The van der Waals surface area contributed by atoms with Gasteiger partial charge in [-0.15, -0.1) is 11.3 Å². The average molecular weight is 215 g/mol. The van der Waals surface area contributed by atoms with Crippen LogP contribution >= 0.6 is 11.3 Å². The van der Waals surface area contributed by atoms with E-state index in [4.69, 9.17) is 21.2 Å². The molecule has 78 valence electrons. The zero-order chi connectivity index (χ0) is 10.0. The number of nitrogens with two attached hydrogens (primary N) is 2. The summed E-state index contributed by atoms with van der Waals surface area (Å²) >= 11 is 1.36. The lowest BCUT2D eigenvalue weighted by Crippen LogP contribution is -2.39. The third kappa shape index (κ3) is 1.61. The molecule has 0 amide bonds. The summed E-state index contributed by atoms with van der Waals surface area (Å²) in [4.78, 5) is 9.09. The molecule has 5 nitrogen and oxygen atoms in total. The Labute approximate surface area is 86.0 Å². The molecule has 1 fully saturated rings. The fourth-order valence-corrected chi connectivity index (χ4v) is 2.20. The smallest absolute Gasteiger partial charge is 0.231 e. The van der Waals surface area contributed by atoms with Gasteiger partial charge in [0.05, 0.1) is 6.61 Å². The summed E-state index contributed by atoms with van der Waals surface area (Å²) in [5.74, 6) is 4.41. The van der Waals surface area contributed by atoms with Crippen molar-refractivity contribution in [3.63, 3.8) is 0 Å². The highest BCUT2D eigenvalue weighted by molar-refractivity contribution is 7.13. The van der Waals surface area contributed by atoms with Gasteiger partial charge in [0.1, 0.15) is 5.69 Å². The van der Waals surface area contributed by atoms with E-state index in [1.165, 1.54) is 11.3 Å². The average Bonchev–Trinajstić information content (AvgIpc) is 2.66. The van der Waals surface area contributed by atoms with E-state index < -0.39 is 5.79 Å². The molecule has 1 atom stereocenters. The Kier molecular flexibility index (Phi) is 2.69. The molecular formula is C8H13N3O2S. The van der Waals surface area contributed by atoms with Gasteiger partial charge < -0.3 is 10.5 Å². The number of anilines is 1. The second kappa shape index (κ2) is 3.82. The maximum atomic E-state index is 5.56. The highest BCUT2D eigenvalue weighted by Gasteiger charge is 2.38. The second-order valence-electron chi connectivity index (χ2n) is 3.25. The molecule has 2 rings (SSSR count). The van der Waals surface area contributed by atoms with Crippen molar-refractivity contribution in [1.82, 2.24) is 4.98 Å². The summed E-state index contributed by atoms with van der Waals surface area (Å²) in [6, 6.07) is 0. The predicted molar refractivity (Wildman–Crippen MR) is 53.3 cm³/mol. The van der Waals surface area contributed by atoms with Crippen LogP contribution in [0.3, 0.4) is 0 Å². The first-order valence-corrected chi connectivity index (χ1v) is 5.38. The fraction of sp³-hybridized carbons (Fsp3) is 0.625. The monoisotopic (exact) mass is 215 g/mol. The summed E-state index contributed by atoms with van der Waals surface area (Å²) < 4.78 is 5.56. The van der Waals surface area contributed by atoms with Gasteiger partial charge >= 0.3 is 0 Å². The largest absolute Gasteiger partial charge is 0.375 e. The number of ether oxygens (including phenoxy) is 1. The van der Waals surface area contributed by atoms with Gasteiger partial charge in [0.15, 0.2) is 5.13 Å². The van der Waals surface area contributed by atoms with Crippen LogP contribution in [-0.2, 0) is 15.4 Å². The Bertz CT molecular complexity index is 309. The predicted octanol–water partition coefficient (Wildman–Crippen LogP) is 0.969. The van der Waals surface area contributed by atoms with Gasteiger partial charge in [-0.2, -0.15) is 0 Å². The van der Waals surface area contributed by atoms with Crippen LogP contribution in [0.25, 0.3) is 0 Å². The minimum Gasteiger partial charge on any atom is -0.375 e. The number of rotatable bonds is 2. The standard InChI is InChI=1S/C8H13N3O2S/c9-7-11-6(5-14-7)8(13-10)3-1-2-4-12-8/h5H,1-4,10H2,(H2,9,11). The molecule has 0 aromatic carbocycles. The molecule has 4 N–H and O–H groups in total. The van der Waals surface area contributed by atoms with Crippen molar-refractivity contribution in [2.75, 3.05) is 12.3 Å². The molecule has 2 heterocycles. The summed E-state index contributed by atoms with van der Waals surface area (Å²) in [5, 5.41) is 2.33. The first-order chi connectivity index (χ1) is 6.77. The van der Waals surface area contributed by atoms with Gasteiger partial charge in [0, 0.05) is 11.8 Å². The molecule has 0 bridgehead atoms. The number of nitrogen functional groups attached to an aromatic ring is 1. The minimum atomic E-state index is -0.869. The molecule has 6 heteroatoms. The lowest BCUT2D eigenvalue weighted by molar-refractivity contribution is -0.270. The molecule has 1 saturated heterocycles. The Morgan fingerprint density at radius 2 is 2.43 bits per heavy atom. The highest BCUT2D eigenvalue weighted by atomic mass is 32.1. The number of aromatic nitrogens is 1. The van der Waals surface area contributed by atoms with Gasteiger partial charge in [-0.05, 0) is 12.8 Å². The van der Waals surface area contributed by atoms with E-state index in [1.807, 2.05) is 5.38 Å². The summed E-state index contributed by atoms with van der Waals surface area (Å²) in [7, 11) is 0. The Balaban J connectivity index is 2.26.